The van der Waals surface area contributed by atoms with Crippen molar-refractivity contribution in [2.45, 2.75) is 33.1 Å². The number of hydrogen-bond donors (Lipinski definition) is 0. The maximum Gasteiger partial charge on any atom is 0.313 e. The summed E-state index contributed by atoms with van der Waals surface area (Å²) in [6.45, 7) is 6.82. The molecule has 1 saturated carbocycles. The van der Waals surface area contributed by atoms with Crippen LogP contribution >= 0.6 is 0 Å². The number of nitro benzene ring substituents is 1. The maximum atomic E-state index is 12.8. The Morgan fingerprint density at radius 2 is 1.88 bits per heavy atom. The van der Waals surface area contributed by atoms with Gasteiger partial charge < -0.3 is 4.74 Å². The second-order valence-electron chi connectivity index (χ2n) is 7.78. The van der Waals surface area contributed by atoms with E-state index < -0.39 is 10.3 Å². The highest BCUT2D eigenvalue weighted by Gasteiger charge is 2.74. The molecule has 0 aromatic heterocycles. The Balaban J connectivity index is 1.85. The van der Waals surface area contributed by atoms with E-state index >= 15 is 0 Å². The number of ether oxygens (including phenoxy) is 1. The Morgan fingerprint density at radius 1 is 1.20 bits per heavy atom. The lowest BCUT2D eigenvalue weighted by Gasteiger charge is -2.65. The van der Waals surface area contributed by atoms with Crippen molar-refractivity contribution in [2.24, 2.45) is 16.7 Å². The number of non-ortho nitro benzene ring substituents is 1. The third-order valence-electron chi connectivity index (χ3n) is 6.29. The van der Waals surface area contributed by atoms with Crippen LogP contribution in [0.5, 0.6) is 0 Å². The molecule has 2 aliphatic carbocycles. The van der Waals surface area contributed by atoms with Gasteiger partial charge in [0.05, 0.1) is 16.9 Å². The summed E-state index contributed by atoms with van der Waals surface area (Å²) in [5.41, 5.74) is 2.73. The first-order valence-corrected chi connectivity index (χ1v) is 8.60. The summed E-state index contributed by atoms with van der Waals surface area (Å²) in [6, 6.07) is 6.66. The summed E-state index contributed by atoms with van der Waals surface area (Å²) in [6.07, 6.45) is 5.12. The van der Waals surface area contributed by atoms with Gasteiger partial charge in [-0.1, -0.05) is 42.4 Å². The molecular weight excluding hydrogens is 318 g/mol. The van der Waals surface area contributed by atoms with Crippen molar-refractivity contribution in [2.75, 3.05) is 6.61 Å². The molecule has 0 bridgehead atoms. The van der Waals surface area contributed by atoms with E-state index in [2.05, 4.69) is 32.9 Å². The molecular formula is C20H21NO4. The zero-order chi connectivity index (χ0) is 18.0. The molecule has 0 N–H and O–H groups in total. The Hall–Kier alpha value is -2.43. The van der Waals surface area contributed by atoms with E-state index in [4.69, 9.17) is 4.74 Å². The van der Waals surface area contributed by atoms with Crippen LogP contribution in [0.25, 0.3) is 0 Å². The third kappa shape index (κ3) is 1.92. The van der Waals surface area contributed by atoms with Crippen molar-refractivity contribution >= 4 is 11.7 Å². The fourth-order valence-corrected chi connectivity index (χ4v) is 5.90. The summed E-state index contributed by atoms with van der Waals surface area (Å²) >= 11 is 0. The second-order valence-corrected chi connectivity index (χ2v) is 7.78. The van der Waals surface area contributed by atoms with Crippen molar-refractivity contribution in [3.63, 3.8) is 0 Å². The number of rotatable bonds is 2. The van der Waals surface area contributed by atoms with Gasteiger partial charge in [0.25, 0.3) is 5.69 Å². The zero-order valence-corrected chi connectivity index (χ0v) is 14.6. The number of fused-ring (bicyclic) bond motifs is 2. The minimum atomic E-state index is -0.553. The van der Waals surface area contributed by atoms with Gasteiger partial charge in [0.15, 0.2) is 0 Å². The molecule has 1 saturated heterocycles. The largest absolute Gasteiger partial charge is 0.465 e. The van der Waals surface area contributed by atoms with Crippen LogP contribution in [-0.4, -0.2) is 17.5 Å². The predicted octanol–water partition coefficient (Wildman–Crippen LogP) is 4.15. The van der Waals surface area contributed by atoms with Crippen LogP contribution in [0.4, 0.5) is 5.69 Å². The van der Waals surface area contributed by atoms with Crippen LogP contribution in [0.1, 0.15) is 38.7 Å². The van der Waals surface area contributed by atoms with Crippen molar-refractivity contribution in [3.8, 4) is 0 Å². The smallest absolute Gasteiger partial charge is 0.313 e. The third-order valence-corrected chi connectivity index (χ3v) is 6.29. The molecule has 1 heterocycles. The van der Waals surface area contributed by atoms with E-state index in [1.807, 2.05) is 0 Å². The molecule has 5 heteroatoms. The number of hydrogen-bond acceptors (Lipinski definition) is 4. The van der Waals surface area contributed by atoms with Crippen molar-refractivity contribution in [3.05, 3.63) is 63.2 Å². The highest BCUT2D eigenvalue weighted by atomic mass is 16.6. The molecule has 4 rings (SSSR count). The molecule has 0 unspecified atom stereocenters. The molecule has 0 amide bonds. The fraction of sp³-hybridized carbons (Fsp3) is 0.450. The van der Waals surface area contributed by atoms with E-state index in [0.717, 1.165) is 5.56 Å². The summed E-state index contributed by atoms with van der Waals surface area (Å²) in [4.78, 5) is 23.3. The summed E-state index contributed by atoms with van der Waals surface area (Å²) in [5, 5.41) is 11.0. The van der Waals surface area contributed by atoms with Crippen molar-refractivity contribution in [1.82, 2.24) is 0 Å². The first-order chi connectivity index (χ1) is 11.8. The molecule has 1 spiro atoms. The molecule has 2 fully saturated rings. The Kier molecular flexibility index (Phi) is 3.24. The summed E-state index contributed by atoms with van der Waals surface area (Å²) < 4.78 is 5.40. The number of nitrogens with zero attached hydrogens (tertiary/aromatic N) is 1. The van der Waals surface area contributed by atoms with Gasteiger partial charge in [0.2, 0.25) is 0 Å². The Bertz CT molecular complexity index is 838. The van der Waals surface area contributed by atoms with Gasteiger partial charge in [-0.15, -0.1) is 0 Å². The van der Waals surface area contributed by atoms with Gasteiger partial charge in [0.1, 0.15) is 0 Å². The quantitative estimate of drug-likeness (QED) is 0.461. The van der Waals surface area contributed by atoms with Crippen LogP contribution in [0.2, 0.25) is 0 Å². The van der Waals surface area contributed by atoms with Gasteiger partial charge in [-0.3, -0.25) is 14.9 Å². The lowest BCUT2D eigenvalue weighted by Crippen LogP contribution is -2.64. The number of allylic oxidation sites excluding steroid dienone is 4. The highest BCUT2D eigenvalue weighted by molar-refractivity contribution is 5.84. The van der Waals surface area contributed by atoms with Gasteiger partial charge >= 0.3 is 5.97 Å². The molecule has 5 nitrogen and oxygen atoms in total. The van der Waals surface area contributed by atoms with Crippen LogP contribution in [0.3, 0.4) is 0 Å². The molecule has 3 aliphatic rings. The van der Waals surface area contributed by atoms with Crippen LogP contribution < -0.4 is 0 Å². The Morgan fingerprint density at radius 3 is 2.44 bits per heavy atom. The molecule has 1 aromatic carbocycles. The van der Waals surface area contributed by atoms with E-state index in [1.165, 1.54) is 23.3 Å². The number of nitro groups is 1. The number of carbonyl (C=O) groups excluding carboxylic acids is 1. The van der Waals surface area contributed by atoms with E-state index in [1.54, 1.807) is 12.1 Å². The van der Waals surface area contributed by atoms with E-state index in [9.17, 15) is 14.9 Å². The summed E-state index contributed by atoms with van der Waals surface area (Å²) in [5.74, 6) is -0.0303. The molecule has 25 heavy (non-hydrogen) atoms. The molecule has 1 aliphatic heterocycles. The zero-order valence-electron chi connectivity index (χ0n) is 14.6. The SMILES string of the molecule is CC1=C[C@@]2(C)[C@@H](c3ccc([N+](=O)[O-])cc3)[C@@]3(CCOC3=O)[C@H]2C(C)=C1. The first kappa shape index (κ1) is 16.1. The molecule has 1 aromatic rings. The minimum Gasteiger partial charge on any atom is -0.465 e. The van der Waals surface area contributed by atoms with Crippen molar-refractivity contribution in [1.29, 1.82) is 0 Å². The maximum absolute atomic E-state index is 12.8. The van der Waals surface area contributed by atoms with Gasteiger partial charge in [-0.25, -0.2) is 0 Å². The molecule has 4 atom stereocenters. The van der Waals surface area contributed by atoms with Gasteiger partial charge in [0, 0.05) is 29.4 Å². The number of esters is 1. The highest BCUT2D eigenvalue weighted by Crippen LogP contribution is 2.75. The monoisotopic (exact) mass is 339 g/mol. The number of carbonyl (C=O) groups is 1. The van der Waals surface area contributed by atoms with Crippen molar-refractivity contribution < 1.29 is 14.5 Å². The van der Waals surface area contributed by atoms with E-state index in [-0.39, 0.29) is 28.9 Å². The first-order valence-electron chi connectivity index (χ1n) is 8.60. The van der Waals surface area contributed by atoms with Gasteiger partial charge in [-0.2, -0.15) is 0 Å². The minimum absolute atomic E-state index is 0.0283. The normalized spacial score (nSPS) is 36.2. The average Bonchev–Trinajstić information content (AvgIpc) is 2.89. The summed E-state index contributed by atoms with van der Waals surface area (Å²) in [7, 11) is 0. The number of benzene rings is 1. The predicted molar refractivity (Wildman–Crippen MR) is 93.0 cm³/mol. The van der Waals surface area contributed by atoms with E-state index in [0.29, 0.717) is 13.0 Å². The lowest BCUT2D eigenvalue weighted by atomic mass is 9.35. The van der Waals surface area contributed by atoms with Gasteiger partial charge in [-0.05, 0) is 25.8 Å². The molecule has 0 radical (unpaired) electrons. The topological polar surface area (TPSA) is 69.4 Å². The number of cyclic esters (lactones) is 1. The lowest BCUT2D eigenvalue weighted by molar-refractivity contribution is -0.384. The second kappa shape index (κ2) is 5.04. The standard InChI is InChI=1S/C20H21NO4/c1-12-10-13(2)16-19(3,11-12)17(20(16)8-9-25-18(20)22)14-4-6-15(7-5-14)21(23)24/h4-7,10-11,16-17H,8-9H2,1-3H3/t16-,17+,19+,20+/m0/s1. The van der Waals surface area contributed by atoms with Crippen LogP contribution in [-0.2, 0) is 9.53 Å². The average molecular weight is 339 g/mol. The van der Waals surface area contributed by atoms with Crippen LogP contribution in [0.15, 0.2) is 47.6 Å². The fourth-order valence-electron chi connectivity index (χ4n) is 5.90. The molecule has 130 valence electrons. The van der Waals surface area contributed by atoms with Crippen LogP contribution in [0, 0.1) is 26.9 Å². The Labute approximate surface area is 146 Å².